The quantitative estimate of drug-likeness (QED) is 0.462. The van der Waals surface area contributed by atoms with Crippen LogP contribution < -0.4 is 0 Å². The molecular weight excluding hydrogens is 228 g/mol. The van der Waals surface area contributed by atoms with Crippen LogP contribution in [0.5, 0.6) is 0 Å². The zero-order valence-electron chi connectivity index (χ0n) is 10.5. The molecule has 0 aliphatic carbocycles. The van der Waals surface area contributed by atoms with Crippen molar-refractivity contribution in [1.82, 2.24) is 0 Å². The third-order valence-electron chi connectivity index (χ3n) is 1.93. The Morgan fingerprint density at radius 2 is 1.75 bits per heavy atom. The van der Waals surface area contributed by atoms with Crippen LogP contribution in [-0.4, -0.2) is 44.1 Å². The lowest BCUT2D eigenvalue weighted by atomic mass is 10.2. The van der Waals surface area contributed by atoms with E-state index in [1.165, 1.54) is 7.11 Å². The Hall–Kier alpha value is -0.260. The Bertz CT molecular complexity index is 181. The van der Waals surface area contributed by atoms with Gasteiger partial charge in [-0.15, -0.1) is 0 Å². The topological polar surface area (TPSA) is 44.8 Å². The van der Waals surface area contributed by atoms with Crippen molar-refractivity contribution in [2.24, 2.45) is 5.92 Å². The van der Waals surface area contributed by atoms with Crippen LogP contribution in [-0.2, 0) is 19.0 Å². The van der Waals surface area contributed by atoms with Crippen molar-refractivity contribution in [2.45, 2.75) is 27.1 Å². The van der Waals surface area contributed by atoms with Gasteiger partial charge >= 0.3 is 5.97 Å². The maximum absolute atomic E-state index is 11.1. The third kappa shape index (κ3) is 7.09. The SMILES string of the molecule is CCOC(CSCC(C)C(=O)OC)OCC. The zero-order chi connectivity index (χ0) is 12.4. The molecule has 0 spiro atoms. The van der Waals surface area contributed by atoms with E-state index >= 15 is 0 Å². The van der Waals surface area contributed by atoms with Crippen molar-refractivity contribution in [3.63, 3.8) is 0 Å². The Morgan fingerprint density at radius 3 is 2.19 bits per heavy atom. The average Bonchev–Trinajstić information content (AvgIpc) is 2.28. The molecule has 4 nitrogen and oxygen atoms in total. The predicted molar refractivity (Wildman–Crippen MR) is 65.5 cm³/mol. The fourth-order valence-corrected chi connectivity index (χ4v) is 2.14. The second-order valence-electron chi connectivity index (χ2n) is 3.30. The minimum Gasteiger partial charge on any atom is -0.469 e. The van der Waals surface area contributed by atoms with Crippen LogP contribution in [0.3, 0.4) is 0 Å². The van der Waals surface area contributed by atoms with E-state index in [2.05, 4.69) is 4.74 Å². The summed E-state index contributed by atoms with van der Waals surface area (Å²) in [5.41, 5.74) is 0. The normalized spacial score (nSPS) is 12.8. The molecule has 0 rings (SSSR count). The number of thioether (sulfide) groups is 1. The summed E-state index contributed by atoms with van der Waals surface area (Å²) in [5.74, 6) is 1.21. The van der Waals surface area contributed by atoms with Crippen molar-refractivity contribution in [3.05, 3.63) is 0 Å². The van der Waals surface area contributed by atoms with E-state index in [1.807, 2.05) is 20.8 Å². The van der Waals surface area contributed by atoms with Gasteiger partial charge in [-0.05, 0) is 13.8 Å². The van der Waals surface area contributed by atoms with Crippen molar-refractivity contribution in [2.75, 3.05) is 31.8 Å². The number of hydrogen-bond acceptors (Lipinski definition) is 5. The first-order chi connectivity index (χ1) is 7.65. The van der Waals surface area contributed by atoms with Crippen LogP contribution in [0.15, 0.2) is 0 Å². The lowest BCUT2D eigenvalue weighted by Crippen LogP contribution is -2.22. The summed E-state index contributed by atoms with van der Waals surface area (Å²) in [6, 6.07) is 0. The van der Waals surface area contributed by atoms with Gasteiger partial charge in [0.2, 0.25) is 0 Å². The standard InChI is InChI=1S/C11H22O4S/c1-5-14-10(15-6-2)8-16-7-9(3)11(12)13-4/h9-10H,5-8H2,1-4H3. The van der Waals surface area contributed by atoms with E-state index in [0.717, 1.165) is 11.5 Å². The highest BCUT2D eigenvalue weighted by Crippen LogP contribution is 2.13. The number of esters is 1. The van der Waals surface area contributed by atoms with E-state index in [-0.39, 0.29) is 18.2 Å². The second kappa shape index (κ2) is 9.93. The van der Waals surface area contributed by atoms with Crippen LogP contribution in [0.4, 0.5) is 0 Å². The van der Waals surface area contributed by atoms with Gasteiger partial charge in [-0.1, -0.05) is 6.92 Å². The number of carbonyl (C=O) groups excluding carboxylic acids is 1. The van der Waals surface area contributed by atoms with Gasteiger partial charge in [-0.25, -0.2) is 0 Å². The molecule has 0 aromatic heterocycles. The van der Waals surface area contributed by atoms with Gasteiger partial charge in [0, 0.05) is 24.7 Å². The molecule has 16 heavy (non-hydrogen) atoms. The summed E-state index contributed by atoms with van der Waals surface area (Å²) < 4.78 is 15.4. The van der Waals surface area contributed by atoms with Crippen LogP contribution in [0.1, 0.15) is 20.8 Å². The Kier molecular flexibility index (Phi) is 9.77. The van der Waals surface area contributed by atoms with Gasteiger partial charge in [0.1, 0.15) is 0 Å². The van der Waals surface area contributed by atoms with Crippen LogP contribution in [0.2, 0.25) is 0 Å². The van der Waals surface area contributed by atoms with E-state index in [0.29, 0.717) is 13.2 Å². The summed E-state index contributed by atoms with van der Waals surface area (Å²) in [6.07, 6.45) is -0.176. The van der Waals surface area contributed by atoms with E-state index in [4.69, 9.17) is 9.47 Å². The molecule has 96 valence electrons. The highest BCUT2D eigenvalue weighted by atomic mass is 32.2. The highest BCUT2D eigenvalue weighted by molar-refractivity contribution is 7.99. The van der Waals surface area contributed by atoms with Crippen molar-refractivity contribution in [1.29, 1.82) is 0 Å². The molecule has 0 radical (unpaired) electrons. The second-order valence-corrected chi connectivity index (χ2v) is 4.38. The zero-order valence-corrected chi connectivity index (χ0v) is 11.3. The van der Waals surface area contributed by atoms with E-state index in [1.54, 1.807) is 11.8 Å². The fraction of sp³-hybridized carbons (Fsp3) is 0.909. The van der Waals surface area contributed by atoms with Gasteiger partial charge in [-0.3, -0.25) is 4.79 Å². The minimum absolute atomic E-state index is 0.0843. The predicted octanol–water partition coefficient (Wildman–Crippen LogP) is 1.93. The first-order valence-electron chi connectivity index (χ1n) is 5.54. The molecule has 0 saturated heterocycles. The molecule has 0 amide bonds. The highest BCUT2D eigenvalue weighted by Gasteiger charge is 2.14. The molecule has 0 aromatic rings. The van der Waals surface area contributed by atoms with E-state index in [9.17, 15) is 4.79 Å². The molecule has 0 aliphatic heterocycles. The van der Waals surface area contributed by atoms with Crippen molar-refractivity contribution in [3.8, 4) is 0 Å². The Balaban J connectivity index is 3.71. The summed E-state index contributed by atoms with van der Waals surface area (Å²) in [5, 5.41) is 0. The maximum atomic E-state index is 11.1. The number of hydrogen-bond donors (Lipinski definition) is 0. The lowest BCUT2D eigenvalue weighted by Gasteiger charge is -2.17. The maximum Gasteiger partial charge on any atom is 0.309 e. The molecule has 0 heterocycles. The minimum atomic E-state index is -0.176. The molecule has 5 heteroatoms. The molecular formula is C11H22O4S. The van der Waals surface area contributed by atoms with Crippen molar-refractivity contribution < 1.29 is 19.0 Å². The van der Waals surface area contributed by atoms with Crippen LogP contribution in [0.25, 0.3) is 0 Å². The van der Waals surface area contributed by atoms with Crippen LogP contribution in [0, 0.1) is 5.92 Å². The number of ether oxygens (including phenoxy) is 3. The number of rotatable bonds is 9. The largest absolute Gasteiger partial charge is 0.469 e. The summed E-state index contributed by atoms with van der Waals surface area (Å²) in [4.78, 5) is 11.1. The van der Waals surface area contributed by atoms with Gasteiger partial charge in [0.25, 0.3) is 0 Å². The molecule has 0 fully saturated rings. The molecule has 0 bridgehead atoms. The van der Waals surface area contributed by atoms with E-state index < -0.39 is 0 Å². The van der Waals surface area contributed by atoms with Gasteiger partial charge in [0.15, 0.2) is 6.29 Å². The molecule has 0 saturated carbocycles. The number of methoxy groups -OCH3 is 1. The molecule has 1 atom stereocenters. The molecule has 0 aliphatic rings. The fourth-order valence-electron chi connectivity index (χ4n) is 1.13. The molecule has 1 unspecified atom stereocenters. The van der Waals surface area contributed by atoms with Crippen LogP contribution >= 0.6 is 11.8 Å². The molecule has 0 aromatic carbocycles. The summed E-state index contributed by atoms with van der Waals surface area (Å²) in [6.45, 7) is 7.01. The molecule has 0 N–H and O–H groups in total. The lowest BCUT2D eigenvalue weighted by molar-refractivity contribution is -0.144. The monoisotopic (exact) mass is 250 g/mol. The van der Waals surface area contributed by atoms with Crippen molar-refractivity contribution >= 4 is 17.7 Å². The third-order valence-corrected chi connectivity index (χ3v) is 3.17. The smallest absolute Gasteiger partial charge is 0.309 e. The first-order valence-corrected chi connectivity index (χ1v) is 6.69. The van der Waals surface area contributed by atoms with Gasteiger partial charge in [0.05, 0.1) is 13.0 Å². The van der Waals surface area contributed by atoms with Gasteiger partial charge < -0.3 is 14.2 Å². The first kappa shape index (κ1) is 15.7. The summed E-state index contributed by atoms with van der Waals surface area (Å²) in [7, 11) is 1.41. The average molecular weight is 250 g/mol. The Morgan fingerprint density at radius 1 is 1.19 bits per heavy atom. The Labute approximate surface area is 102 Å². The number of carbonyl (C=O) groups is 1. The van der Waals surface area contributed by atoms with Gasteiger partial charge in [-0.2, -0.15) is 11.8 Å². The summed E-state index contributed by atoms with van der Waals surface area (Å²) >= 11 is 1.64.